The van der Waals surface area contributed by atoms with Crippen LogP contribution in [0.4, 0.5) is 28.2 Å². The molecule has 0 atom stereocenters. The molecule has 0 aromatic heterocycles. The molecule has 0 amide bonds. The van der Waals surface area contributed by atoms with Crippen LogP contribution < -0.4 is 5.19 Å². The van der Waals surface area contributed by atoms with Crippen LogP contribution in [0.2, 0.25) is 62.5 Å². The van der Waals surface area contributed by atoms with Gasteiger partial charge in [-0.05, 0) is 30.9 Å². The lowest BCUT2D eigenvalue weighted by molar-refractivity contribution is 0.812. The average Bonchev–Trinajstić information content (AvgIpc) is 3.02. The van der Waals surface area contributed by atoms with Gasteiger partial charge in [-0.15, -0.1) is 12.3 Å². The number of rotatable bonds is 18. The lowest BCUT2D eigenvalue weighted by Crippen LogP contribution is -2.11. The minimum Gasteiger partial charge on any atom is -0.269 e. The number of aryl methyl sites for hydroxylation is 2. The predicted molar refractivity (Wildman–Crippen MR) is 269 cm³/mol. The van der Waals surface area contributed by atoms with Crippen molar-refractivity contribution in [1.29, 1.82) is 0 Å². The van der Waals surface area contributed by atoms with Gasteiger partial charge >= 0.3 is 0 Å². The van der Waals surface area contributed by atoms with Gasteiger partial charge < -0.3 is 0 Å². The van der Waals surface area contributed by atoms with E-state index in [2.05, 4.69) is 142 Å². The highest BCUT2D eigenvalue weighted by molar-refractivity contribution is 6.61. The lowest BCUT2D eigenvalue weighted by Gasteiger charge is -2.13. The van der Waals surface area contributed by atoms with E-state index in [0.29, 0.717) is 0 Å². The van der Waals surface area contributed by atoms with Crippen LogP contribution >= 0.6 is 0 Å². The molecule has 2 aromatic carbocycles. The van der Waals surface area contributed by atoms with Crippen LogP contribution in [0, 0.1) is 13.8 Å². The molecule has 2 aromatic rings. The highest BCUT2D eigenvalue weighted by Crippen LogP contribution is 2.16. The molecule has 0 heterocycles. The summed E-state index contributed by atoms with van der Waals surface area (Å²) in [4.78, 5) is 0. The molecule has 0 saturated carbocycles. The van der Waals surface area contributed by atoms with E-state index in [-0.39, 0.29) is 65.6 Å². The minimum atomic E-state index is -0.397. The second-order valence-electron chi connectivity index (χ2n) is 14.8. The fourth-order valence-corrected chi connectivity index (χ4v) is 15.1. The van der Waals surface area contributed by atoms with E-state index < -0.39 is 8.80 Å². The third-order valence-electron chi connectivity index (χ3n) is 8.31. The summed E-state index contributed by atoms with van der Waals surface area (Å²) in [6, 6.07) is 28.4. The maximum absolute atomic E-state index is 3.62. The molecule has 0 saturated heterocycles. The quantitative estimate of drug-likeness (QED) is 0.103. The van der Waals surface area contributed by atoms with Crippen molar-refractivity contribution >= 4 is 61.6 Å². The summed E-state index contributed by atoms with van der Waals surface area (Å²) < 4.78 is 0. The van der Waals surface area contributed by atoms with Crippen LogP contribution in [0.1, 0.15) is 116 Å². The van der Waals surface area contributed by atoms with Gasteiger partial charge in [0.25, 0.3) is 0 Å². The van der Waals surface area contributed by atoms with E-state index in [1.807, 2.05) is 0 Å². The smallest absolute Gasteiger partial charge is 0.0546 e. The van der Waals surface area contributed by atoms with Crippen molar-refractivity contribution in [1.82, 2.24) is 0 Å². The molecule has 0 radical (unpaired) electrons. The topological polar surface area (TPSA) is 0 Å². The zero-order valence-electron chi connectivity index (χ0n) is 37.0. The monoisotopic (exact) mass is 883 g/mol. The molecule has 0 fully saturated rings. The van der Waals surface area contributed by atoms with Gasteiger partial charge in [0.15, 0.2) is 0 Å². The summed E-state index contributed by atoms with van der Waals surface area (Å²) in [5.41, 5.74) is 6.34. The first-order valence-corrected chi connectivity index (χ1v) is 32.1. The fraction of sp³-hybridized carbons (Fsp3) is 0.667. The van der Waals surface area contributed by atoms with Crippen molar-refractivity contribution in [2.24, 2.45) is 0 Å². The van der Waals surface area contributed by atoms with Crippen molar-refractivity contribution in [3.05, 3.63) is 77.5 Å². The Kier molecular flexibility index (Phi) is 84.4. The Morgan fingerprint density at radius 2 is 0.852 bits per heavy atom. The van der Waals surface area contributed by atoms with Crippen LogP contribution in [-0.4, -0.2) is 56.4 Å². The van der Waals surface area contributed by atoms with E-state index >= 15 is 0 Å². The van der Waals surface area contributed by atoms with Gasteiger partial charge in [-0.1, -0.05) is 232 Å². The van der Waals surface area contributed by atoms with Gasteiger partial charge in [-0.25, -0.2) is 0 Å². The summed E-state index contributed by atoms with van der Waals surface area (Å²) in [5, 5.41) is 1.49. The Bertz CT molecular complexity index is 844. The van der Waals surface area contributed by atoms with Crippen LogP contribution in [0.5, 0.6) is 0 Å². The van der Waals surface area contributed by atoms with Gasteiger partial charge in [0.05, 0.1) is 8.80 Å². The van der Waals surface area contributed by atoms with Gasteiger partial charge in [0.1, 0.15) is 0 Å². The second-order valence-corrected chi connectivity index (χ2v) is 29.0. The third-order valence-corrected chi connectivity index (χ3v) is 19.0. The largest absolute Gasteiger partial charge is 0.269 e. The molecular formula is C42H96F6Si6. The first kappa shape index (κ1) is 77.6. The fourth-order valence-electron chi connectivity index (χ4n) is 5.86. The Hall–Kier alpha value is -0.939. The first-order chi connectivity index (χ1) is 22.4. The van der Waals surface area contributed by atoms with Crippen LogP contribution in [-0.2, 0) is 6.04 Å². The molecule has 0 N–H and O–H groups in total. The summed E-state index contributed by atoms with van der Waals surface area (Å²) >= 11 is 0. The molecule has 54 heavy (non-hydrogen) atoms. The van der Waals surface area contributed by atoms with Crippen LogP contribution in [0.15, 0.2) is 60.8 Å². The molecule has 0 aliphatic rings. The number of halogens is 6. The lowest BCUT2D eigenvalue weighted by atomic mass is 10.2. The average molecular weight is 884 g/mol. The summed E-state index contributed by atoms with van der Waals surface area (Å²) in [7, 11) is -0.132. The van der Waals surface area contributed by atoms with Gasteiger partial charge in [-0.3, -0.25) is 28.2 Å². The standard InChI is InChI=1S/C12H28Si.C9H14Si.C9H22Si.C8H12Si.C4H10Si.6FH.H4Si/c1-4-7-10-13(11-8-5-2)12-9-6-3;1-10(2)8-9-6-4-3-5-7-9;1-4-7-10(8-5-2)9-6-3;1-6-3-7(2)5-8(9)4-6;1-4-5(2)3;;;;;;;/h13H,4-12H2,1-3H3;3-7,10H,8H2,1-2H3;10H,4-9H2,1-3H3;3-5H,1-2,9H3;4-5H,1H2,2-3H3;6*1H;1H4. The molecule has 12 heteroatoms. The predicted octanol–water partition coefficient (Wildman–Crippen LogP) is 11.3. The van der Waals surface area contributed by atoms with Crippen LogP contribution in [0.3, 0.4) is 0 Å². The Morgan fingerprint density at radius 1 is 0.537 bits per heavy atom. The van der Waals surface area contributed by atoms with Crippen molar-refractivity contribution in [2.45, 2.75) is 182 Å². The Balaban J connectivity index is -0.0000000553. The minimum absolute atomic E-state index is 0. The molecule has 0 aliphatic heterocycles. The molecule has 0 unspecified atom stereocenters. The zero-order chi connectivity index (χ0) is 36.3. The highest BCUT2D eigenvalue weighted by Gasteiger charge is 2.08. The Morgan fingerprint density at radius 3 is 1.09 bits per heavy atom. The number of hydrogen-bond acceptors (Lipinski definition) is 0. The molecule has 0 nitrogen and oxygen atoms in total. The molecule has 0 bridgehead atoms. The van der Waals surface area contributed by atoms with E-state index in [1.54, 1.807) is 36.3 Å². The van der Waals surface area contributed by atoms with Crippen molar-refractivity contribution < 1.29 is 28.2 Å². The normalized spacial score (nSPS) is 9.04. The number of benzene rings is 2. The van der Waals surface area contributed by atoms with Crippen molar-refractivity contribution in [2.75, 3.05) is 0 Å². The zero-order valence-corrected chi connectivity index (χ0v) is 43.6. The van der Waals surface area contributed by atoms with Crippen molar-refractivity contribution in [3.63, 3.8) is 0 Å². The summed E-state index contributed by atoms with van der Waals surface area (Å²) in [6.07, 6.45) is 13.0. The molecule has 0 spiro atoms. The van der Waals surface area contributed by atoms with E-state index in [4.69, 9.17) is 0 Å². The maximum Gasteiger partial charge on any atom is 0.0546 e. The molecule has 0 aliphatic carbocycles. The van der Waals surface area contributed by atoms with Gasteiger partial charge in [0.2, 0.25) is 0 Å². The molecular weight excluding hydrogens is 787 g/mol. The molecule has 2 rings (SSSR count). The summed E-state index contributed by atoms with van der Waals surface area (Å²) in [6.45, 7) is 31.1. The van der Waals surface area contributed by atoms with E-state index in [9.17, 15) is 0 Å². The Labute approximate surface area is 347 Å². The number of unbranched alkanes of at least 4 members (excludes halogenated alkanes) is 3. The van der Waals surface area contributed by atoms with E-state index in [0.717, 1.165) is 0 Å². The number of hydrogen-bond donors (Lipinski definition) is 0. The molecule has 330 valence electrons. The van der Waals surface area contributed by atoms with Gasteiger partial charge in [-0.2, -0.15) is 0 Å². The third kappa shape index (κ3) is 60.3. The second kappa shape index (κ2) is 58.8. The van der Waals surface area contributed by atoms with Crippen molar-refractivity contribution in [3.8, 4) is 0 Å². The van der Waals surface area contributed by atoms with E-state index in [1.165, 1.54) is 96.0 Å². The first-order valence-electron chi connectivity index (χ1n) is 20.1. The maximum atomic E-state index is 3.62. The van der Waals surface area contributed by atoms with Gasteiger partial charge in [0, 0.05) is 36.6 Å². The highest BCUT2D eigenvalue weighted by atomic mass is 28.3. The SMILES string of the molecule is C=C[SiH](C)C.CCCC[SiH](CCCC)CCCC.CCC[SiH](CCC)CCC.C[SiH](C)Cc1ccccc1.Cc1cc(C)cc([SiH3])c1.F.F.F.F.F.F.[SiH4]. The summed E-state index contributed by atoms with van der Waals surface area (Å²) in [5.74, 6) is 0. The van der Waals surface area contributed by atoms with Crippen LogP contribution in [0.25, 0.3) is 0 Å².